The van der Waals surface area contributed by atoms with Crippen LogP contribution in [0.5, 0.6) is 5.75 Å². The maximum atomic E-state index is 5.48. The van der Waals surface area contributed by atoms with Crippen LogP contribution in [0.15, 0.2) is 29.4 Å². The van der Waals surface area contributed by atoms with E-state index < -0.39 is 0 Å². The zero-order chi connectivity index (χ0) is 15.4. The van der Waals surface area contributed by atoms with E-state index in [-0.39, 0.29) is 0 Å². The van der Waals surface area contributed by atoms with Crippen molar-refractivity contribution in [1.82, 2.24) is 14.8 Å². The first-order valence-corrected chi connectivity index (χ1v) is 8.50. The third-order valence-electron chi connectivity index (χ3n) is 3.72. The van der Waals surface area contributed by atoms with Gasteiger partial charge >= 0.3 is 0 Å². The van der Waals surface area contributed by atoms with Crippen molar-refractivity contribution in [2.45, 2.75) is 24.5 Å². The first-order valence-electron chi connectivity index (χ1n) is 7.51. The summed E-state index contributed by atoms with van der Waals surface area (Å²) in [5, 5.41) is 9.77. The molecule has 22 heavy (non-hydrogen) atoms. The molecule has 1 saturated carbocycles. The Bertz CT molecular complexity index is 626. The van der Waals surface area contributed by atoms with Crippen LogP contribution in [0, 0.1) is 5.92 Å². The van der Waals surface area contributed by atoms with Gasteiger partial charge in [-0.3, -0.25) is 0 Å². The van der Waals surface area contributed by atoms with E-state index in [1.807, 2.05) is 24.3 Å². The molecule has 1 heterocycles. The standard InChI is InChI=1S/C16H21N3O2S/c1-20-9-10-22-16-18-17-15(19(16)11-12-7-8-12)13-5-3-4-6-14(13)21-2/h3-6,12H,7-11H2,1-2H3. The van der Waals surface area contributed by atoms with Crippen LogP contribution in [0.1, 0.15) is 12.8 Å². The minimum atomic E-state index is 0.713. The molecular formula is C16H21N3O2S. The van der Waals surface area contributed by atoms with Gasteiger partial charge in [-0.05, 0) is 30.9 Å². The summed E-state index contributed by atoms with van der Waals surface area (Å²) < 4.78 is 12.8. The van der Waals surface area contributed by atoms with Crippen molar-refractivity contribution in [2.75, 3.05) is 26.6 Å². The predicted molar refractivity (Wildman–Crippen MR) is 87.3 cm³/mol. The zero-order valence-electron chi connectivity index (χ0n) is 13.0. The minimum Gasteiger partial charge on any atom is -0.496 e. The first-order chi connectivity index (χ1) is 10.8. The summed E-state index contributed by atoms with van der Waals surface area (Å²) in [6.45, 7) is 1.70. The topological polar surface area (TPSA) is 49.2 Å². The normalized spacial score (nSPS) is 14.3. The molecule has 0 saturated heterocycles. The van der Waals surface area contributed by atoms with Crippen molar-refractivity contribution in [2.24, 2.45) is 5.92 Å². The molecule has 5 nitrogen and oxygen atoms in total. The fraction of sp³-hybridized carbons (Fsp3) is 0.500. The number of ether oxygens (including phenoxy) is 2. The second-order valence-electron chi connectivity index (χ2n) is 5.40. The molecule has 0 N–H and O–H groups in total. The van der Waals surface area contributed by atoms with Gasteiger partial charge in [0.1, 0.15) is 5.75 Å². The van der Waals surface area contributed by atoms with Gasteiger partial charge in [0.05, 0.1) is 19.3 Å². The van der Waals surface area contributed by atoms with Crippen LogP contribution in [-0.2, 0) is 11.3 Å². The molecule has 1 aliphatic rings. The van der Waals surface area contributed by atoms with Crippen LogP contribution in [0.3, 0.4) is 0 Å². The monoisotopic (exact) mass is 319 g/mol. The third kappa shape index (κ3) is 3.44. The molecule has 0 aliphatic heterocycles. The van der Waals surface area contributed by atoms with E-state index in [1.165, 1.54) is 12.8 Å². The Morgan fingerprint density at radius 3 is 2.77 bits per heavy atom. The minimum absolute atomic E-state index is 0.713. The maximum absolute atomic E-state index is 5.48. The maximum Gasteiger partial charge on any atom is 0.191 e. The molecule has 1 aliphatic carbocycles. The molecule has 1 fully saturated rings. The molecule has 1 aromatic carbocycles. The Morgan fingerprint density at radius 1 is 1.23 bits per heavy atom. The molecule has 2 aromatic rings. The molecule has 0 atom stereocenters. The average Bonchev–Trinajstić information content (AvgIpc) is 3.28. The molecule has 0 amide bonds. The molecule has 3 rings (SSSR count). The highest BCUT2D eigenvalue weighted by atomic mass is 32.2. The molecule has 1 aromatic heterocycles. The Labute approximate surface area is 135 Å². The van der Waals surface area contributed by atoms with Crippen LogP contribution in [-0.4, -0.2) is 41.3 Å². The fourth-order valence-electron chi connectivity index (χ4n) is 2.36. The lowest BCUT2D eigenvalue weighted by Crippen LogP contribution is -2.05. The third-order valence-corrected chi connectivity index (χ3v) is 4.65. The Morgan fingerprint density at radius 2 is 2.05 bits per heavy atom. The number of rotatable bonds is 8. The smallest absolute Gasteiger partial charge is 0.191 e. The summed E-state index contributed by atoms with van der Waals surface area (Å²) in [6, 6.07) is 7.98. The lowest BCUT2D eigenvalue weighted by Gasteiger charge is -2.11. The highest BCUT2D eigenvalue weighted by molar-refractivity contribution is 7.99. The highest BCUT2D eigenvalue weighted by Crippen LogP contribution is 2.36. The van der Waals surface area contributed by atoms with E-state index in [9.17, 15) is 0 Å². The number of thioether (sulfide) groups is 1. The van der Waals surface area contributed by atoms with Crippen LogP contribution in [0.25, 0.3) is 11.4 Å². The van der Waals surface area contributed by atoms with Crippen molar-refractivity contribution < 1.29 is 9.47 Å². The van der Waals surface area contributed by atoms with Crippen LogP contribution >= 0.6 is 11.8 Å². The second-order valence-corrected chi connectivity index (χ2v) is 6.46. The van der Waals surface area contributed by atoms with Crippen LogP contribution in [0.2, 0.25) is 0 Å². The molecular weight excluding hydrogens is 298 g/mol. The number of hydrogen-bond donors (Lipinski definition) is 0. The Balaban J connectivity index is 1.92. The SMILES string of the molecule is COCCSc1nnc(-c2ccccc2OC)n1CC1CC1. The quantitative estimate of drug-likeness (QED) is 0.553. The summed E-state index contributed by atoms with van der Waals surface area (Å²) >= 11 is 1.69. The highest BCUT2D eigenvalue weighted by Gasteiger charge is 2.26. The van der Waals surface area contributed by atoms with Gasteiger partial charge in [0.15, 0.2) is 11.0 Å². The molecule has 0 radical (unpaired) electrons. The number of benzene rings is 1. The van der Waals surface area contributed by atoms with Crippen LogP contribution < -0.4 is 4.74 Å². The molecule has 0 unspecified atom stereocenters. The van der Waals surface area contributed by atoms with E-state index in [1.54, 1.807) is 26.0 Å². The van der Waals surface area contributed by atoms with E-state index in [0.29, 0.717) is 6.61 Å². The molecule has 0 bridgehead atoms. The van der Waals surface area contributed by atoms with Crippen LogP contribution in [0.4, 0.5) is 0 Å². The van der Waals surface area contributed by atoms with Gasteiger partial charge in [-0.15, -0.1) is 10.2 Å². The van der Waals surface area contributed by atoms with Gasteiger partial charge in [0.25, 0.3) is 0 Å². The lowest BCUT2D eigenvalue weighted by molar-refractivity contribution is 0.218. The van der Waals surface area contributed by atoms with E-state index in [2.05, 4.69) is 14.8 Å². The van der Waals surface area contributed by atoms with Crippen molar-refractivity contribution in [3.05, 3.63) is 24.3 Å². The summed E-state index contributed by atoms with van der Waals surface area (Å²) in [5.41, 5.74) is 0.997. The summed E-state index contributed by atoms with van der Waals surface area (Å²) in [4.78, 5) is 0. The molecule has 118 valence electrons. The molecule has 0 spiro atoms. The first kappa shape index (κ1) is 15.4. The summed E-state index contributed by atoms with van der Waals surface area (Å²) in [5.74, 6) is 3.36. The van der Waals surface area contributed by atoms with E-state index in [4.69, 9.17) is 9.47 Å². The number of methoxy groups -OCH3 is 2. The lowest BCUT2D eigenvalue weighted by atomic mass is 10.2. The number of aromatic nitrogens is 3. The Hall–Kier alpha value is -1.53. The predicted octanol–water partition coefficient (Wildman–Crippen LogP) is 3.10. The van der Waals surface area contributed by atoms with Gasteiger partial charge in [-0.2, -0.15) is 0 Å². The molecule has 6 heteroatoms. The summed E-state index contributed by atoms with van der Waals surface area (Å²) in [7, 11) is 3.41. The van der Waals surface area contributed by atoms with E-state index >= 15 is 0 Å². The largest absolute Gasteiger partial charge is 0.496 e. The number of nitrogens with zero attached hydrogens (tertiary/aromatic N) is 3. The second kappa shape index (κ2) is 7.15. The van der Waals surface area contributed by atoms with Gasteiger partial charge in [0.2, 0.25) is 0 Å². The zero-order valence-corrected chi connectivity index (χ0v) is 13.8. The van der Waals surface area contributed by atoms with Gasteiger partial charge in [-0.25, -0.2) is 0 Å². The van der Waals surface area contributed by atoms with Crippen molar-refractivity contribution in [3.63, 3.8) is 0 Å². The average molecular weight is 319 g/mol. The van der Waals surface area contributed by atoms with E-state index in [0.717, 1.165) is 40.5 Å². The number of hydrogen-bond acceptors (Lipinski definition) is 5. The summed E-state index contributed by atoms with van der Waals surface area (Å²) in [6.07, 6.45) is 2.59. The fourth-order valence-corrected chi connectivity index (χ4v) is 3.21. The van der Waals surface area contributed by atoms with Crippen molar-refractivity contribution >= 4 is 11.8 Å². The van der Waals surface area contributed by atoms with Crippen molar-refractivity contribution in [3.8, 4) is 17.1 Å². The van der Waals surface area contributed by atoms with Gasteiger partial charge < -0.3 is 14.0 Å². The van der Waals surface area contributed by atoms with Gasteiger partial charge in [0, 0.05) is 19.4 Å². The van der Waals surface area contributed by atoms with Gasteiger partial charge in [-0.1, -0.05) is 23.9 Å². The van der Waals surface area contributed by atoms with Crippen molar-refractivity contribution in [1.29, 1.82) is 0 Å². The Kier molecular flexibility index (Phi) is 5.00. The number of para-hydroxylation sites is 1.